The number of carbonyl (C=O) groups excluding carboxylic acids is 2. The Morgan fingerprint density at radius 3 is 2.55 bits per heavy atom. The summed E-state index contributed by atoms with van der Waals surface area (Å²) in [7, 11) is 2.76. The van der Waals surface area contributed by atoms with Crippen LogP contribution in [0.4, 0.5) is 0 Å². The van der Waals surface area contributed by atoms with Crippen molar-refractivity contribution < 1.29 is 28.5 Å². The van der Waals surface area contributed by atoms with Gasteiger partial charge in [-0.05, 0) is 54.0 Å². The minimum atomic E-state index is -0.740. The van der Waals surface area contributed by atoms with Crippen molar-refractivity contribution in [2.24, 2.45) is 0 Å². The standard InChI is InChI=1S/C26H27NO6/c1-4-5-6-14-32-23-12-10-19(17-24(23)30-2)11-13-25(28)33-22-9-7-8-20(16-22)15-21(18-27)26(29)31-3/h7-13,15-17H,4-6,14H2,1-3H3/b13-11+,21-15+. The maximum Gasteiger partial charge on any atom is 0.348 e. The van der Waals surface area contributed by atoms with Crippen molar-refractivity contribution in [3.05, 3.63) is 65.2 Å². The summed E-state index contributed by atoms with van der Waals surface area (Å²) in [6.45, 7) is 2.76. The third kappa shape index (κ3) is 8.19. The van der Waals surface area contributed by atoms with Crippen LogP contribution >= 0.6 is 0 Å². The number of esters is 2. The van der Waals surface area contributed by atoms with Crippen LogP contribution in [-0.2, 0) is 14.3 Å². The zero-order valence-corrected chi connectivity index (χ0v) is 19.0. The van der Waals surface area contributed by atoms with Gasteiger partial charge in [0.15, 0.2) is 11.5 Å². The molecule has 0 saturated carbocycles. The molecule has 172 valence electrons. The monoisotopic (exact) mass is 449 g/mol. The summed E-state index contributed by atoms with van der Waals surface area (Å²) in [5.41, 5.74) is 1.11. The molecule has 0 amide bonds. The smallest absolute Gasteiger partial charge is 0.348 e. The van der Waals surface area contributed by atoms with Crippen molar-refractivity contribution in [1.82, 2.24) is 0 Å². The molecule has 0 radical (unpaired) electrons. The third-order valence-corrected chi connectivity index (χ3v) is 4.52. The molecule has 2 rings (SSSR count). The fourth-order valence-electron chi connectivity index (χ4n) is 2.84. The van der Waals surface area contributed by atoms with E-state index in [-0.39, 0.29) is 11.3 Å². The molecule has 0 aliphatic rings. The lowest BCUT2D eigenvalue weighted by Gasteiger charge is -2.11. The minimum absolute atomic E-state index is 0.160. The van der Waals surface area contributed by atoms with Gasteiger partial charge in [-0.2, -0.15) is 5.26 Å². The van der Waals surface area contributed by atoms with Crippen molar-refractivity contribution in [3.8, 4) is 23.3 Å². The Kier molecular flexibility index (Phi) is 10.2. The van der Waals surface area contributed by atoms with Crippen LogP contribution in [0, 0.1) is 11.3 Å². The molecular formula is C26H27NO6. The number of rotatable bonds is 11. The Labute approximate surface area is 193 Å². The van der Waals surface area contributed by atoms with Crippen molar-refractivity contribution in [3.63, 3.8) is 0 Å². The highest BCUT2D eigenvalue weighted by atomic mass is 16.5. The van der Waals surface area contributed by atoms with Crippen molar-refractivity contribution >= 4 is 24.1 Å². The number of unbranched alkanes of at least 4 members (excludes halogenated alkanes) is 2. The van der Waals surface area contributed by atoms with E-state index in [1.165, 1.54) is 19.3 Å². The first-order valence-corrected chi connectivity index (χ1v) is 10.5. The molecule has 0 N–H and O–H groups in total. The van der Waals surface area contributed by atoms with Crippen LogP contribution in [0.5, 0.6) is 17.2 Å². The molecule has 0 saturated heterocycles. The number of hydrogen-bond acceptors (Lipinski definition) is 7. The Balaban J connectivity index is 2.04. The lowest BCUT2D eigenvalue weighted by atomic mass is 10.1. The maximum atomic E-state index is 12.2. The van der Waals surface area contributed by atoms with Gasteiger partial charge in [-0.1, -0.05) is 38.0 Å². The number of benzene rings is 2. The molecule has 2 aromatic rings. The quantitative estimate of drug-likeness (QED) is 0.157. The summed E-state index contributed by atoms with van der Waals surface area (Å²) < 4.78 is 21.0. The first kappa shape index (κ1) is 25.2. The van der Waals surface area contributed by atoms with Crippen LogP contribution in [0.2, 0.25) is 0 Å². The van der Waals surface area contributed by atoms with Crippen LogP contribution in [0.1, 0.15) is 37.3 Å². The van der Waals surface area contributed by atoms with Crippen LogP contribution in [0.15, 0.2) is 54.1 Å². The third-order valence-electron chi connectivity index (χ3n) is 4.52. The molecule has 0 fully saturated rings. The molecule has 0 unspecified atom stereocenters. The molecule has 0 aliphatic carbocycles. The summed E-state index contributed by atoms with van der Waals surface area (Å²) >= 11 is 0. The van der Waals surface area contributed by atoms with Gasteiger partial charge in [0.2, 0.25) is 0 Å². The van der Waals surface area contributed by atoms with Gasteiger partial charge in [0.1, 0.15) is 17.4 Å². The zero-order chi connectivity index (χ0) is 24.1. The predicted molar refractivity (Wildman–Crippen MR) is 125 cm³/mol. The summed E-state index contributed by atoms with van der Waals surface area (Å²) in [6.07, 6.45) is 7.47. The molecule has 0 aliphatic heterocycles. The van der Waals surface area contributed by atoms with Crippen molar-refractivity contribution in [2.75, 3.05) is 20.8 Å². The molecule has 2 aromatic carbocycles. The zero-order valence-electron chi connectivity index (χ0n) is 19.0. The Bertz CT molecular complexity index is 1060. The second kappa shape index (κ2) is 13.4. The van der Waals surface area contributed by atoms with E-state index in [1.807, 2.05) is 6.07 Å². The molecular weight excluding hydrogens is 422 g/mol. The van der Waals surface area contributed by atoms with Crippen LogP contribution in [0.3, 0.4) is 0 Å². The summed E-state index contributed by atoms with van der Waals surface area (Å²) in [5.74, 6) is 0.190. The highest BCUT2D eigenvalue weighted by Crippen LogP contribution is 2.29. The second-order valence-electron chi connectivity index (χ2n) is 6.95. The summed E-state index contributed by atoms with van der Waals surface area (Å²) in [4.78, 5) is 23.8. The first-order chi connectivity index (χ1) is 16.0. The minimum Gasteiger partial charge on any atom is -0.493 e. The van der Waals surface area contributed by atoms with Crippen molar-refractivity contribution in [1.29, 1.82) is 5.26 Å². The predicted octanol–water partition coefficient (Wildman–Crippen LogP) is 4.96. The van der Waals surface area contributed by atoms with E-state index in [2.05, 4.69) is 11.7 Å². The molecule has 0 aromatic heterocycles. The van der Waals surface area contributed by atoms with E-state index >= 15 is 0 Å². The van der Waals surface area contributed by atoms with Gasteiger partial charge < -0.3 is 18.9 Å². The van der Waals surface area contributed by atoms with Crippen molar-refractivity contribution in [2.45, 2.75) is 26.2 Å². The molecule has 7 heteroatoms. The SMILES string of the molecule is CCCCCOc1ccc(/C=C/C(=O)Oc2cccc(/C=C(\C#N)C(=O)OC)c2)cc1OC. The van der Waals surface area contributed by atoms with E-state index in [0.717, 1.165) is 24.8 Å². The van der Waals surface area contributed by atoms with Gasteiger partial charge in [0, 0.05) is 6.08 Å². The molecule has 0 atom stereocenters. The number of carbonyl (C=O) groups is 2. The van der Waals surface area contributed by atoms with Gasteiger partial charge in [-0.15, -0.1) is 0 Å². The molecule has 7 nitrogen and oxygen atoms in total. The average Bonchev–Trinajstić information content (AvgIpc) is 2.84. The number of nitriles is 1. The number of nitrogens with zero attached hydrogens (tertiary/aromatic N) is 1. The first-order valence-electron chi connectivity index (χ1n) is 10.5. The lowest BCUT2D eigenvalue weighted by Crippen LogP contribution is -2.04. The van der Waals surface area contributed by atoms with E-state index in [1.54, 1.807) is 55.7 Å². The van der Waals surface area contributed by atoms with Crippen LogP contribution in [-0.4, -0.2) is 32.8 Å². The Morgan fingerprint density at radius 1 is 1.03 bits per heavy atom. The lowest BCUT2D eigenvalue weighted by molar-refractivity contribution is -0.135. The summed E-state index contributed by atoms with van der Waals surface area (Å²) in [5, 5.41) is 9.07. The van der Waals surface area contributed by atoms with E-state index in [0.29, 0.717) is 23.7 Å². The molecule has 0 spiro atoms. The topological polar surface area (TPSA) is 94.9 Å². The molecule has 33 heavy (non-hydrogen) atoms. The second-order valence-corrected chi connectivity index (χ2v) is 6.95. The van der Waals surface area contributed by atoms with Gasteiger partial charge in [0.25, 0.3) is 0 Å². The van der Waals surface area contributed by atoms with E-state index in [4.69, 9.17) is 19.5 Å². The van der Waals surface area contributed by atoms with Gasteiger partial charge in [-0.25, -0.2) is 9.59 Å². The molecule has 0 bridgehead atoms. The van der Waals surface area contributed by atoms with E-state index < -0.39 is 11.9 Å². The van der Waals surface area contributed by atoms with Crippen LogP contribution < -0.4 is 14.2 Å². The van der Waals surface area contributed by atoms with Gasteiger partial charge in [0.05, 0.1) is 20.8 Å². The molecule has 0 heterocycles. The fraction of sp³-hybridized carbons (Fsp3) is 0.269. The largest absolute Gasteiger partial charge is 0.493 e. The Morgan fingerprint density at radius 2 is 1.85 bits per heavy atom. The average molecular weight is 450 g/mol. The fourth-order valence-corrected chi connectivity index (χ4v) is 2.84. The highest BCUT2D eigenvalue weighted by Gasteiger charge is 2.09. The number of methoxy groups -OCH3 is 2. The van der Waals surface area contributed by atoms with E-state index in [9.17, 15) is 9.59 Å². The van der Waals surface area contributed by atoms with Gasteiger partial charge >= 0.3 is 11.9 Å². The Hall–Kier alpha value is -4.05. The van der Waals surface area contributed by atoms with Gasteiger partial charge in [-0.3, -0.25) is 0 Å². The maximum absolute atomic E-state index is 12.2. The highest BCUT2D eigenvalue weighted by molar-refractivity contribution is 5.97. The normalized spacial score (nSPS) is 11.0. The number of hydrogen-bond donors (Lipinski definition) is 0. The van der Waals surface area contributed by atoms with Crippen LogP contribution in [0.25, 0.3) is 12.2 Å². The summed E-state index contributed by atoms with van der Waals surface area (Å²) in [6, 6.07) is 13.6. The number of ether oxygens (including phenoxy) is 4.